The molecule has 1 fully saturated rings. The van der Waals surface area contributed by atoms with Crippen LogP contribution in [0.25, 0.3) is 0 Å². The van der Waals surface area contributed by atoms with E-state index >= 15 is 0 Å². The standard InChI is InChI=1S/C13H22N4O/c1-11-10-12(4-7-14-11)13(18)15-5-2-8-17-9-3-6-16-17/h3,6,9,11-12,14H,2,4-5,7-8,10H2,1H3,(H,15,18). The van der Waals surface area contributed by atoms with Gasteiger partial charge < -0.3 is 10.6 Å². The van der Waals surface area contributed by atoms with Crippen molar-refractivity contribution >= 4 is 5.91 Å². The summed E-state index contributed by atoms with van der Waals surface area (Å²) in [4.78, 5) is 11.9. The summed E-state index contributed by atoms with van der Waals surface area (Å²) in [7, 11) is 0. The van der Waals surface area contributed by atoms with Crippen LogP contribution in [0.5, 0.6) is 0 Å². The van der Waals surface area contributed by atoms with Crippen molar-refractivity contribution in [3.05, 3.63) is 18.5 Å². The first kappa shape index (κ1) is 13.1. The lowest BCUT2D eigenvalue weighted by Crippen LogP contribution is -2.42. The Kier molecular flexibility index (Phi) is 4.75. The number of carbonyl (C=O) groups excluding carboxylic acids is 1. The van der Waals surface area contributed by atoms with Crippen molar-refractivity contribution < 1.29 is 4.79 Å². The number of aromatic nitrogens is 2. The van der Waals surface area contributed by atoms with Gasteiger partial charge in [0.15, 0.2) is 0 Å². The highest BCUT2D eigenvalue weighted by Gasteiger charge is 2.23. The molecule has 0 radical (unpaired) electrons. The lowest BCUT2D eigenvalue weighted by molar-refractivity contribution is -0.126. The van der Waals surface area contributed by atoms with E-state index in [1.54, 1.807) is 6.20 Å². The number of rotatable bonds is 5. The van der Waals surface area contributed by atoms with Gasteiger partial charge in [-0.25, -0.2) is 0 Å². The fourth-order valence-corrected chi connectivity index (χ4v) is 2.40. The van der Waals surface area contributed by atoms with Gasteiger partial charge in [0, 0.05) is 37.4 Å². The molecule has 2 heterocycles. The Balaban J connectivity index is 1.62. The normalized spacial score (nSPS) is 23.8. The molecule has 2 rings (SSSR count). The minimum atomic E-state index is 0.186. The molecule has 0 spiro atoms. The molecule has 1 amide bonds. The number of nitrogens with zero attached hydrogens (tertiary/aromatic N) is 2. The largest absolute Gasteiger partial charge is 0.356 e. The maximum absolute atomic E-state index is 11.9. The predicted molar refractivity (Wildman–Crippen MR) is 70.0 cm³/mol. The molecule has 0 bridgehead atoms. The Labute approximate surface area is 108 Å². The topological polar surface area (TPSA) is 59.0 Å². The maximum atomic E-state index is 11.9. The molecule has 100 valence electrons. The number of piperidine rings is 1. The molecule has 2 N–H and O–H groups in total. The van der Waals surface area contributed by atoms with Gasteiger partial charge in [0.05, 0.1) is 0 Å². The van der Waals surface area contributed by atoms with Crippen molar-refractivity contribution in [2.24, 2.45) is 5.92 Å². The smallest absolute Gasteiger partial charge is 0.223 e. The van der Waals surface area contributed by atoms with Gasteiger partial charge >= 0.3 is 0 Å². The van der Waals surface area contributed by atoms with E-state index in [0.29, 0.717) is 6.04 Å². The van der Waals surface area contributed by atoms with E-state index in [1.807, 2.05) is 16.9 Å². The fourth-order valence-electron chi connectivity index (χ4n) is 2.40. The van der Waals surface area contributed by atoms with E-state index in [-0.39, 0.29) is 11.8 Å². The summed E-state index contributed by atoms with van der Waals surface area (Å²) in [5.74, 6) is 0.398. The van der Waals surface area contributed by atoms with Crippen LogP contribution in [0.15, 0.2) is 18.5 Å². The number of carbonyl (C=O) groups is 1. The van der Waals surface area contributed by atoms with Gasteiger partial charge in [-0.15, -0.1) is 0 Å². The SMILES string of the molecule is CC1CC(C(=O)NCCCn2cccn2)CCN1. The summed E-state index contributed by atoms with van der Waals surface area (Å²) in [5.41, 5.74) is 0. The number of hydrogen-bond acceptors (Lipinski definition) is 3. The molecular weight excluding hydrogens is 228 g/mol. The minimum absolute atomic E-state index is 0.186. The van der Waals surface area contributed by atoms with E-state index in [0.717, 1.165) is 38.9 Å². The third-order valence-electron chi connectivity index (χ3n) is 3.42. The highest BCUT2D eigenvalue weighted by molar-refractivity contribution is 5.78. The average molecular weight is 250 g/mol. The first-order valence-corrected chi connectivity index (χ1v) is 6.74. The van der Waals surface area contributed by atoms with E-state index in [9.17, 15) is 4.79 Å². The maximum Gasteiger partial charge on any atom is 0.223 e. The van der Waals surface area contributed by atoms with Gasteiger partial charge in [0.1, 0.15) is 0 Å². The van der Waals surface area contributed by atoms with Gasteiger partial charge in [-0.2, -0.15) is 5.10 Å². The zero-order valence-corrected chi connectivity index (χ0v) is 10.9. The monoisotopic (exact) mass is 250 g/mol. The molecule has 0 aromatic carbocycles. The van der Waals surface area contributed by atoms with Crippen LogP contribution in [-0.2, 0) is 11.3 Å². The Morgan fingerprint density at radius 3 is 3.22 bits per heavy atom. The fraction of sp³-hybridized carbons (Fsp3) is 0.692. The van der Waals surface area contributed by atoms with Gasteiger partial charge in [0.2, 0.25) is 5.91 Å². The molecule has 0 aliphatic carbocycles. The minimum Gasteiger partial charge on any atom is -0.356 e. The van der Waals surface area contributed by atoms with Crippen LogP contribution in [-0.4, -0.2) is 34.8 Å². The van der Waals surface area contributed by atoms with Crippen molar-refractivity contribution in [1.82, 2.24) is 20.4 Å². The molecule has 1 aliphatic rings. The van der Waals surface area contributed by atoms with E-state index in [1.165, 1.54) is 0 Å². The summed E-state index contributed by atoms with van der Waals surface area (Å²) in [6.07, 6.45) is 6.54. The molecule has 18 heavy (non-hydrogen) atoms. The first-order chi connectivity index (χ1) is 8.75. The summed E-state index contributed by atoms with van der Waals surface area (Å²) >= 11 is 0. The molecule has 0 saturated carbocycles. The highest BCUT2D eigenvalue weighted by Crippen LogP contribution is 2.15. The average Bonchev–Trinajstić information content (AvgIpc) is 2.87. The molecule has 1 aliphatic heterocycles. The van der Waals surface area contributed by atoms with E-state index < -0.39 is 0 Å². The summed E-state index contributed by atoms with van der Waals surface area (Å²) in [6, 6.07) is 2.37. The Morgan fingerprint density at radius 1 is 1.61 bits per heavy atom. The molecule has 1 aromatic heterocycles. The third kappa shape index (κ3) is 3.84. The van der Waals surface area contributed by atoms with Crippen molar-refractivity contribution in [3.63, 3.8) is 0 Å². The zero-order chi connectivity index (χ0) is 12.8. The molecule has 1 saturated heterocycles. The summed E-state index contributed by atoms with van der Waals surface area (Å²) in [5, 5.41) is 10.5. The van der Waals surface area contributed by atoms with Crippen molar-refractivity contribution in [3.8, 4) is 0 Å². The number of amides is 1. The van der Waals surface area contributed by atoms with Crippen LogP contribution in [0, 0.1) is 5.92 Å². The van der Waals surface area contributed by atoms with Gasteiger partial charge in [-0.3, -0.25) is 9.48 Å². The third-order valence-corrected chi connectivity index (χ3v) is 3.42. The second-order valence-corrected chi connectivity index (χ2v) is 4.99. The molecule has 2 unspecified atom stereocenters. The molecular formula is C13H22N4O. The van der Waals surface area contributed by atoms with Crippen LogP contribution in [0.4, 0.5) is 0 Å². The Morgan fingerprint density at radius 2 is 2.50 bits per heavy atom. The quantitative estimate of drug-likeness (QED) is 0.759. The van der Waals surface area contributed by atoms with Crippen LogP contribution in [0.2, 0.25) is 0 Å². The van der Waals surface area contributed by atoms with E-state index in [4.69, 9.17) is 0 Å². The van der Waals surface area contributed by atoms with Crippen LogP contribution >= 0.6 is 0 Å². The van der Waals surface area contributed by atoms with Gasteiger partial charge in [0.25, 0.3) is 0 Å². The second-order valence-electron chi connectivity index (χ2n) is 4.99. The lowest BCUT2D eigenvalue weighted by Gasteiger charge is -2.27. The molecule has 2 atom stereocenters. The van der Waals surface area contributed by atoms with Gasteiger partial charge in [-0.1, -0.05) is 0 Å². The number of nitrogens with one attached hydrogen (secondary N) is 2. The zero-order valence-electron chi connectivity index (χ0n) is 10.9. The number of aryl methyl sites for hydroxylation is 1. The predicted octanol–water partition coefficient (Wildman–Crippen LogP) is 0.777. The van der Waals surface area contributed by atoms with Crippen molar-refractivity contribution in [1.29, 1.82) is 0 Å². The van der Waals surface area contributed by atoms with E-state index in [2.05, 4.69) is 22.7 Å². The van der Waals surface area contributed by atoms with Gasteiger partial charge in [-0.05, 0) is 38.8 Å². The summed E-state index contributed by atoms with van der Waals surface area (Å²) < 4.78 is 1.89. The number of hydrogen-bond donors (Lipinski definition) is 2. The van der Waals surface area contributed by atoms with Crippen LogP contribution in [0.1, 0.15) is 26.2 Å². The molecule has 1 aromatic rings. The van der Waals surface area contributed by atoms with Crippen LogP contribution in [0.3, 0.4) is 0 Å². The molecule has 5 nitrogen and oxygen atoms in total. The molecule has 5 heteroatoms. The Hall–Kier alpha value is -1.36. The first-order valence-electron chi connectivity index (χ1n) is 6.74. The lowest BCUT2D eigenvalue weighted by atomic mass is 9.92. The van der Waals surface area contributed by atoms with Crippen molar-refractivity contribution in [2.75, 3.05) is 13.1 Å². The highest BCUT2D eigenvalue weighted by atomic mass is 16.1. The summed E-state index contributed by atoms with van der Waals surface area (Å²) in [6.45, 7) is 4.68. The Bertz CT molecular complexity index is 363. The second kappa shape index (κ2) is 6.54. The van der Waals surface area contributed by atoms with Crippen molar-refractivity contribution in [2.45, 2.75) is 38.8 Å². The van der Waals surface area contributed by atoms with Crippen LogP contribution < -0.4 is 10.6 Å².